The van der Waals surface area contributed by atoms with Crippen molar-refractivity contribution in [2.24, 2.45) is 0 Å². The van der Waals surface area contributed by atoms with Crippen LogP contribution in [0.4, 0.5) is 42.9 Å². The van der Waals surface area contributed by atoms with E-state index in [1.807, 2.05) is 70.5 Å². The maximum Gasteiger partial charge on any atom is 0.159 e. The molecule has 0 amide bonds. The van der Waals surface area contributed by atoms with E-state index < -0.39 is 5.41 Å². The Morgan fingerprint density at radius 2 is 0.708 bits per heavy atom. The van der Waals surface area contributed by atoms with Gasteiger partial charge < -0.3 is 18.6 Å². The fourth-order valence-corrected chi connectivity index (χ4v) is 12.5. The number of aryl methyl sites for hydroxylation is 2. The summed E-state index contributed by atoms with van der Waals surface area (Å²) in [6, 6.07) is 69.3. The Morgan fingerprint density at radius 3 is 1.14 bits per heavy atom. The van der Waals surface area contributed by atoms with Crippen LogP contribution in [0.25, 0.3) is 55.0 Å². The summed E-state index contributed by atoms with van der Waals surface area (Å²) in [6.45, 7) is 8.74. The molecule has 0 saturated heterocycles. The van der Waals surface area contributed by atoms with Crippen LogP contribution in [-0.4, -0.2) is 0 Å². The summed E-state index contributed by atoms with van der Waals surface area (Å²) >= 11 is 0. The van der Waals surface area contributed by atoms with Crippen LogP contribution in [0.2, 0.25) is 0 Å². The van der Waals surface area contributed by atoms with Gasteiger partial charge in [-0.25, -0.2) is 8.78 Å². The number of furan rings is 2. The number of benzene rings is 10. The van der Waals surface area contributed by atoms with E-state index >= 15 is 8.78 Å². The van der Waals surface area contributed by atoms with Crippen molar-refractivity contribution < 1.29 is 17.6 Å². The van der Waals surface area contributed by atoms with Gasteiger partial charge in [-0.05, 0) is 130 Å². The van der Waals surface area contributed by atoms with Gasteiger partial charge in [0.05, 0.1) is 28.2 Å². The second kappa shape index (κ2) is 15.4. The predicted molar refractivity (Wildman–Crippen MR) is 289 cm³/mol. The summed E-state index contributed by atoms with van der Waals surface area (Å²) in [6.07, 6.45) is 0. The summed E-state index contributed by atoms with van der Waals surface area (Å²) in [5, 5.41) is 3.90. The molecule has 0 aliphatic heterocycles. The predicted octanol–water partition coefficient (Wildman–Crippen LogP) is 18.3. The van der Waals surface area contributed by atoms with Gasteiger partial charge in [-0.3, -0.25) is 0 Å². The van der Waals surface area contributed by atoms with Crippen molar-refractivity contribution in [1.82, 2.24) is 0 Å². The molecule has 0 fully saturated rings. The Hall–Kier alpha value is -8.74. The Kier molecular flexibility index (Phi) is 9.01. The molecular formula is C66H46F2N2O2. The molecule has 2 aliphatic rings. The summed E-state index contributed by atoms with van der Waals surface area (Å²) < 4.78 is 46.9. The highest BCUT2D eigenvalue weighted by Gasteiger charge is 2.53. The normalized spacial score (nSPS) is 13.9. The van der Waals surface area contributed by atoms with Crippen LogP contribution in [0.5, 0.6) is 0 Å². The molecule has 0 N–H and O–H groups in total. The smallest absolute Gasteiger partial charge is 0.159 e. The van der Waals surface area contributed by atoms with Gasteiger partial charge in [-0.2, -0.15) is 0 Å². The van der Waals surface area contributed by atoms with E-state index in [1.165, 1.54) is 34.4 Å². The lowest BCUT2D eigenvalue weighted by atomic mass is 9.55. The van der Waals surface area contributed by atoms with Gasteiger partial charge in [0.2, 0.25) is 0 Å². The molecule has 72 heavy (non-hydrogen) atoms. The minimum atomic E-state index is -0.747. The number of halogens is 2. The van der Waals surface area contributed by atoms with E-state index in [2.05, 4.69) is 149 Å². The van der Waals surface area contributed by atoms with Crippen molar-refractivity contribution in [2.45, 2.75) is 38.5 Å². The van der Waals surface area contributed by atoms with E-state index in [0.29, 0.717) is 33.9 Å². The standard InChI is InChI=1S/C66H46F2N2O2/c1-39-17-13-19-43-45-21-15-31-59(63(45)71-61(39)43)69(57-29-11-9-27-55(57)67)41-33-35-49-47(37-41)48-38-42(34-36-50(48)66(49)53-25-7-5-23-51(53)65(3,4)52-24-6-8-26-54(52)66)70(58-30-12-10-28-56(58)68)60-32-16-22-46-44-20-14-18-40(2)62(44)72-64(46)60/h5-38H,1-4H3. The summed E-state index contributed by atoms with van der Waals surface area (Å²) in [5.41, 5.74) is 16.7. The topological polar surface area (TPSA) is 32.8 Å². The van der Waals surface area contributed by atoms with Crippen LogP contribution < -0.4 is 9.80 Å². The van der Waals surface area contributed by atoms with E-state index in [9.17, 15) is 0 Å². The zero-order chi connectivity index (χ0) is 48.6. The van der Waals surface area contributed by atoms with E-state index in [4.69, 9.17) is 8.83 Å². The van der Waals surface area contributed by atoms with E-state index in [-0.39, 0.29) is 17.0 Å². The lowest BCUT2D eigenvalue weighted by Gasteiger charge is -2.46. The van der Waals surface area contributed by atoms with Gasteiger partial charge in [0, 0.05) is 38.3 Å². The summed E-state index contributed by atoms with van der Waals surface area (Å²) in [7, 11) is 0. The summed E-state index contributed by atoms with van der Waals surface area (Å²) in [4.78, 5) is 3.98. The minimum absolute atomic E-state index is 0.308. The average Bonchev–Trinajstić information content (AvgIpc) is 4.08. The Balaban J connectivity index is 1.08. The maximum absolute atomic E-state index is 16.7. The van der Waals surface area contributed by atoms with Crippen molar-refractivity contribution in [2.75, 3.05) is 9.80 Å². The molecule has 4 nitrogen and oxygen atoms in total. The largest absolute Gasteiger partial charge is 0.454 e. The Bertz CT molecular complexity index is 3970. The zero-order valence-corrected chi connectivity index (χ0v) is 40.1. The monoisotopic (exact) mass is 936 g/mol. The number of rotatable bonds is 6. The maximum atomic E-state index is 16.7. The number of fused-ring (bicyclic) bond motifs is 15. The molecule has 0 radical (unpaired) electrons. The van der Waals surface area contributed by atoms with Crippen LogP contribution >= 0.6 is 0 Å². The van der Waals surface area contributed by atoms with Crippen molar-refractivity contribution >= 4 is 78.0 Å². The van der Waals surface area contributed by atoms with Gasteiger partial charge in [0.15, 0.2) is 11.2 Å². The SMILES string of the molecule is Cc1cccc2c1oc1c(N(c3ccc4c(c3)-c3cc(N(c5ccccc5F)c5cccc6c5oc5c(C)cccc56)ccc3C43c4ccccc4C(C)(C)c4ccccc43)c3ccccc3F)cccc12. The van der Waals surface area contributed by atoms with Crippen LogP contribution in [0.1, 0.15) is 58.4 Å². The first-order valence-corrected chi connectivity index (χ1v) is 24.5. The molecular weight excluding hydrogens is 891 g/mol. The first-order chi connectivity index (χ1) is 35.1. The van der Waals surface area contributed by atoms with Gasteiger partial charge in [-0.15, -0.1) is 0 Å². The van der Waals surface area contributed by atoms with E-state index in [0.717, 1.165) is 77.5 Å². The number of anilines is 6. The third-order valence-corrected chi connectivity index (χ3v) is 15.7. The molecule has 6 heteroatoms. The number of nitrogens with zero attached hydrogens (tertiary/aromatic N) is 2. The van der Waals surface area contributed by atoms with Crippen molar-refractivity contribution in [3.05, 3.63) is 262 Å². The third kappa shape index (κ3) is 5.72. The van der Waals surface area contributed by atoms with E-state index in [1.54, 1.807) is 12.1 Å². The first-order valence-electron chi connectivity index (χ1n) is 24.5. The summed E-state index contributed by atoms with van der Waals surface area (Å²) in [5.74, 6) is -0.733. The fourth-order valence-electron chi connectivity index (χ4n) is 12.5. The van der Waals surface area contributed by atoms with Crippen molar-refractivity contribution in [3.8, 4) is 11.1 Å². The quantitative estimate of drug-likeness (QED) is 0.166. The van der Waals surface area contributed by atoms with Crippen LogP contribution in [-0.2, 0) is 10.8 Å². The molecule has 1 spiro atoms. The van der Waals surface area contributed by atoms with Gasteiger partial charge in [0.25, 0.3) is 0 Å². The van der Waals surface area contributed by atoms with Crippen molar-refractivity contribution in [1.29, 1.82) is 0 Å². The zero-order valence-electron chi connectivity index (χ0n) is 40.1. The Labute approximate surface area is 415 Å². The number of para-hydroxylation sites is 6. The molecule has 346 valence electrons. The highest BCUT2D eigenvalue weighted by atomic mass is 19.1. The molecule has 2 heterocycles. The number of hydrogen-bond donors (Lipinski definition) is 0. The minimum Gasteiger partial charge on any atom is -0.454 e. The first kappa shape index (κ1) is 42.2. The Morgan fingerprint density at radius 1 is 0.347 bits per heavy atom. The molecule has 2 aliphatic carbocycles. The molecule has 0 saturated carbocycles. The van der Waals surface area contributed by atoms with Crippen molar-refractivity contribution in [3.63, 3.8) is 0 Å². The molecule has 0 unspecified atom stereocenters. The highest BCUT2D eigenvalue weighted by Crippen LogP contribution is 2.63. The second-order valence-corrected chi connectivity index (χ2v) is 19.9. The molecule has 0 bridgehead atoms. The fraction of sp³-hybridized carbons (Fsp3) is 0.0909. The van der Waals surface area contributed by atoms with Gasteiger partial charge >= 0.3 is 0 Å². The van der Waals surface area contributed by atoms with Gasteiger partial charge in [-0.1, -0.05) is 159 Å². The molecule has 10 aromatic carbocycles. The average molecular weight is 937 g/mol. The third-order valence-electron chi connectivity index (χ3n) is 15.7. The lowest BCUT2D eigenvalue weighted by molar-refractivity contribution is 0.563. The molecule has 0 atom stereocenters. The highest BCUT2D eigenvalue weighted by molar-refractivity contribution is 6.12. The van der Waals surface area contributed by atoms with Crippen LogP contribution in [0.3, 0.4) is 0 Å². The van der Waals surface area contributed by atoms with Crippen LogP contribution in [0, 0.1) is 25.5 Å². The number of hydrogen-bond acceptors (Lipinski definition) is 4. The molecule has 12 aromatic rings. The molecule has 14 rings (SSSR count). The molecule has 2 aromatic heterocycles. The van der Waals surface area contributed by atoms with Gasteiger partial charge in [0.1, 0.15) is 22.8 Å². The lowest BCUT2D eigenvalue weighted by Crippen LogP contribution is -2.40. The second-order valence-electron chi connectivity index (χ2n) is 19.9. The van der Waals surface area contributed by atoms with Crippen LogP contribution in [0.15, 0.2) is 215 Å².